The predicted octanol–water partition coefficient (Wildman–Crippen LogP) is 6.36. The first kappa shape index (κ1) is 19.5. The maximum absolute atomic E-state index is 4.35. The fourth-order valence-corrected chi connectivity index (χ4v) is 3.60. The highest BCUT2D eigenvalue weighted by Crippen LogP contribution is 2.30. The fraction of sp³-hybridized carbons (Fsp3) is 0.810. The molecule has 0 radical (unpaired) electrons. The van der Waals surface area contributed by atoms with Gasteiger partial charge in [-0.1, -0.05) is 37.1 Å². The second-order valence-electron chi connectivity index (χ2n) is 7.41. The maximum atomic E-state index is 4.35. The Labute approximate surface area is 139 Å². The van der Waals surface area contributed by atoms with Crippen molar-refractivity contribution < 1.29 is 0 Å². The van der Waals surface area contributed by atoms with Gasteiger partial charge in [-0.3, -0.25) is 0 Å². The Morgan fingerprint density at radius 2 is 2.00 bits per heavy atom. The van der Waals surface area contributed by atoms with Crippen LogP contribution in [0.5, 0.6) is 0 Å². The first-order valence-electron chi connectivity index (χ1n) is 9.61. The molecule has 0 aromatic rings. The summed E-state index contributed by atoms with van der Waals surface area (Å²) in [6.07, 6.45) is 14.3. The van der Waals surface area contributed by atoms with Gasteiger partial charge in [-0.15, -0.1) is 0 Å². The van der Waals surface area contributed by atoms with Crippen LogP contribution in [0.2, 0.25) is 0 Å². The molecule has 0 unspecified atom stereocenters. The smallest absolute Gasteiger partial charge is 0.00387 e. The summed E-state index contributed by atoms with van der Waals surface area (Å²) in [5, 5.41) is 0. The average Bonchev–Trinajstić information content (AvgIpc) is 2.74. The van der Waals surface area contributed by atoms with Gasteiger partial charge in [0, 0.05) is 12.6 Å². The van der Waals surface area contributed by atoms with Crippen molar-refractivity contribution in [2.75, 3.05) is 13.1 Å². The first-order valence-corrected chi connectivity index (χ1v) is 9.61. The summed E-state index contributed by atoms with van der Waals surface area (Å²) >= 11 is 0. The van der Waals surface area contributed by atoms with Gasteiger partial charge in [0.25, 0.3) is 0 Å². The summed E-state index contributed by atoms with van der Waals surface area (Å²) in [6.45, 7) is 15.9. The lowest BCUT2D eigenvalue weighted by Gasteiger charge is -2.26. The third-order valence-corrected chi connectivity index (χ3v) is 5.29. The standard InChI is InChI=1S/C21H39N/c1-6-16-22(18(3)4)17-15-19(5)11-12-21-10-8-9-20(7-2)13-14-21/h7,18,21H,5-6,8-17H2,1-4H3/b20-7-/t21-/m1/s1. The summed E-state index contributed by atoms with van der Waals surface area (Å²) in [5.74, 6) is 0.936. The number of nitrogens with zero attached hydrogens (tertiary/aromatic N) is 1. The predicted molar refractivity (Wildman–Crippen MR) is 100 cm³/mol. The van der Waals surface area contributed by atoms with Crippen LogP contribution >= 0.6 is 0 Å². The van der Waals surface area contributed by atoms with Gasteiger partial charge in [-0.25, -0.2) is 0 Å². The van der Waals surface area contributed by atoms with Gasteiger partial charge >= 0.3 is 0 Å². The van der Waals surface area contributed by atoms with Gasteiger partial charge in [-0.05, 0) is 84.6 Å². The summed E-state index contributed by atoms with van der Waals surface area (Å²) in [4.78, 5) is 2.59. The summed E-state index contributed by atoms with van der Waals surface area (Å²) in [7, 11) is 0. The van der Waals surface area contributed by atoms with E-state index in [1.54, 1.807) is 5.57 Å². The average molecular weight is 306 g/mol. The minimum Gasteiger partial charge on any atom is -0.301 e. The molecule has 0 aromatic heterocycles. The molecule has 22 heavy (non-hydrogen) atoms. The van der Waals surface area contributed by atoms with E-state index in [-0.39, 0.29) is 0 Å². The minimum absolute atomic E-state index is 0.661. The van der Waals surface area contributed by atoms with Gasteiger partial charge in [0.2, 0.25) is 0 Å². The van der Waals surface area contributed by atoms with E-state index >= 15 is 0 Å². The number of hydrogen-bond acceptors (Lipinski definition) is 1. The Kier molecular flexibility index (Phi) is 9.79. The van der Waals surface area contributed by atoms with Crippen LogP contribution in [0.1, 0.15) is 85.5 Å². The van der Waals surface area contributed by atoms with Crippen molar-refractivity contribution in [3.05, 3.63) is 23.8 Å². The van der Waals surface area contributed by atoms with Crippen LogP contribution < -0.4 is 0 Å². The van der Waals surface area contributed by atoms with Crippen LogP contribution in [-0.4, -0.2) is 24.0 Å². The highest BCUT2D eigenvalue weighted by atomic mass is 15.1. The Morgan fingerprint density at radius 3 is 2.64 bits per heavy atom. The molecular weight excluding hydrogens is 266 g/mol. The lowest BCUT2D eigenvalue weighted by atomic mass is 9.92. The zero-order valence-electron chi connectivity index (χ0n) is 15.7. The highest BCUT2D eigenvalue weighted by Gasteiger charge is 2.15. The van der Waals surface area contributed by atoms with E-state index in [9.17, 15) is 0 Å². The molecule has 1 nitrogen and oxygen atoms in total. The molecule has 0 spiro atoms. The topological polar surface area (TPSA) is 3.24 Å². The Bertz CT molecular complexity index is 340. The second kappa shape index (κ2) is 11.0. The Hall–Kier alpha value is -0.560. The first-order chi connectivity index (χ1) is 10.6. The number of allylic oxidation sites excluding steroid dienone is 2. The molecule has 1 fully saturated rings. The van der Waals surface area contributed by atoms with Crippen molar-refractivity contribution in [3.8, 4) is 0 Å². The van der Waals surface area contributed by atoms with Crippen LogP contribution in [-0.2, 0) is 0 Å². The quantitative estimate of drug-likeness (QED) is 0.354. The van der Waals surface area contributed by atoms with Crippen molar-refractivity contribution in [2.45, 2.75) is 91.5 Å². The van der Waals surface area contributed by atoms with Crippen LogP contribution in [0.3, 0.4) is 0 Å². The van der Waals surface area contributed by atoms with Crippen molar-refractivity contribution in [1.82, 2.24) is 4.90 Å². The van der Waals surface area contributed by atoms with E-state index in [1.165, 1.54) is 76.5 Å². The van der Waals surface area contributed by atoms with Crippen LogP contribution in [0.4, 0.5) is 0 Å². The molecule has 1 atom stereocenters. The molecular formula is C21H39N. The van der Waals surface area contributed by atoms with E-state index in [1.807, 2.05) is 0 Å². The summed E-state index contributed by atoms with van der Waals surface area (Å²) in [6, 6.07) is 0.661. The molecule has 1 saturated carbocycles. The van der Waals surface area contributed by atoms with E-state index in [0.717, 1.165) is 5.92 Å². The minimum atomic E-state index is 0.661. The highest BCUT2D eigenvalue weighted by molar-refractivity contribution is 5.02. The van der Waals surface area contributed by atoms with E-state index < -0.39 is 0 Å². The molecule has 0 bridgehead atoms. The third kappa shape index (κ3) is 7.63. The lowest BCUT2D eigenvalue weighted by molar-refractivity contribution is 0.224. The van der Waals surface area contributed by atoms with Gasteiger partial charge in [0.1, 0.15) is 0 Å². The molecule has 1 aliphatic carbocycles. The molecule has 0 saturated heterocycles. The van der Waals surface area contributed by atoms with Crippen molar-refractivity contribution in [1.29, 1.82) is 0 Å². The Morgan fingerprint density at radius 1 is 1.23 bits per heavy atom. The number of rotatable bonds is 9. The van der Waals surface area contributed by atoms with Crippen LogP contribution in [0, 0.1) is 5.92 Å². The SMILES string of the molecule is C=C(CC[C@H]1CCC/C(=C/C)CC1)CCN(CCC)C(C)C. The van der Waals surface area contributed by atoms with Gasteiger partial charge in [-0.2, -0.15) is 0 Å². The molecule has 1 heteroatoms. The summed E-state index contributed by atoms with van der Waals surface area (Å²) < 4.78 is 0. The van der Waals surface area contributed by atoms with Gasteiger partial charge < -0.3 is 4.90 Å². The van der Waals surface area contributed by atoms with Gasteiger partial charge in [0.15, 0.2) is 0 Å². The molecule has 128 valence electrons. The molecule has 0 heterocycles. The Balaban J connectivity index is 2.25. The number of hydrogen-bond donors (Lipinski definition) is 0. The largest absolute Gasteiger partial charge is 0.301 e. The zero-order chi connectivity index (χ0) is 16.4. The molecule has 1 aliphatic rings. The van der Waals surface area contributed by atoms with Gasteiger partial charge in [0.05, 0.1) is 0 Å². The monoisotopic (exact) mass is 305 g/mol. The molecule has 1 rings (SSSR count). The molecule has 0 aromatic carbocycles. The van der Waals surface area contributed by atoms with Crippen molar-refractivity contribution in [3.63, 3.8) is 0 Å². The van der Waals surface area contributed by atoms with E-state index in [2.05, 4.69) is 45.2 Å². The van der Waals surface area contributed by atoms with Crippen LogP contribution in [0.15, 0.2) is 23.8 Å². The van der Waals surface area contributed by atoms with Crippen LogP contribution in [0.25, 0.3) is 0 Å². The molecule has 0 N–H and O–H groups in total. The van der Waals surface area contributed by atoms with E-state index in [0.29, 0.717) is 6.04 Å². The second-order valence-corrected chi connectivity index (χ2v) is 7.41. The maximum Gasteiger partial charge on any atom is 0.00387 e. The van der Waals surface area contributed by atoms with Crippen molar-refractivity contribution >= 4 is 0 Å². The lowest BCUT2D eigenvalue weighted by Crippen LogP contribution is -2.32. The normalized spacial score (nSPS) is 21.5. The third-order valence-electron chi connectivity index (χ3n) is 5.29. The fourth-order valence-electron chi connectivity index (χ4n) is 3.60. The molecule has 0 aliphatic heterocycles. The molecule has 0 amide bonds. The van der Waals surface area contributed by atoms with E-state index in [4.69, 9.17) is 0 Å². The van der Waals surface area contributed by atoms with Crippen molar-refractivity contribution in [2.24, 2.45) is 5.92 Å². The summed E-state index contributed by atoms with van der Waals surface area (Å²) in [5.41, 5.74) is 3.16. The zero-order valence-corrected chi connectivity index (χ0v) is 15.7.